The lowest BCUT2D eigenvalue weighted by Gasteiger charge is -2.36. The summed E-state index contributed by atoms with van der Waals surface area (Å²) in [5.41, 5.74) is 1.62. The van der Waals surface area contributed by atoms with Crippen LogP contribution in [0, 0.1) is 5.92 Å². The summed E-state index contributed by atoms with van der Waals surface area (Å²) in [5.74, 6) is -0.0423. The van der Waals surface area contributed by atoms with E-state index in [4.69, 9.17) is 4.74 Å². The topological polar surface area (TPSA) is 49.9 Å². The van der Waals surface area contributed by atoms with E-state index in [2.05, 4.69) is 0 Å². The summed E-state index contributed by atoms with van der Waals surface area (Å²) in [4.78, 5) is 28.0. The molecule has 0 spiro atoms. The second-order valence-electron chi connectivity index (χ2n) is 5.25. The smallest absolute Gasteiger partial charge is 0.246 e. The minimum atomic E-state index is -0.0518. The first-order chi connectivity index (χ1) is 9.68. The molecule has 5 heteroatoms. The minimum Gasteiger partial charge on any atom is -0.381 e. The minimum absolute atomic E-state index is 0.0342. The monoisotopic (exact) mass is 274 g/mol. The molecule has 2 heterocycles. The number of hydrogen-bond acceptors (Lipinski definition) is 3. The maximum Gasteiger partial charge on any atom is 0.246 e. The van der Waals surface area contributed by atoms with Gasteiger partial charge in [-0.25, -0.2) is 0 Å². The van der Waals surface area contributed by atoms with Gasteiger partial charge < -0.3 is 14.5 Å². The molecule has 0 aliphatic carbocycles. The normalized spacial score (nSPS) is 19.9. The molecule has 0 unspecified atom stereocenters. The fraction of sp³-hybridized carbons (Fsp3) is 0.467. The summed E-state index contributed by atoms with van der Waals surface area (Å²) < 4.78 is 5.30. The maximum atomic E-state index is 12.7. The van der Waals surface area contributed by atoms with Gasteiger partial charge in [0, 0.05) is 26.2 Å². The van der Waals surface area contributed by atoms with Crippen LogP contribution in [0.1, 0.15) is 12.8 Å². The zero-order valence-corrected chi connectivity index (χ0v) is 11.5. The molecule has 106 valence electrons. The van der Waals surface area contributed by atoms with Gasteiger partial charge in [-0.05, 0) is 25.0 Å². The summed E-state index contributed by atoms with van der Waals surface area (Å²) in [6.45, 7) is 1.38. The Morgan fingerprint density at radius 2 is 1.85 bits per heavy atom. The van der Waals surface area contributed by atoms with E-state index >= 15 is 0 Å². The SMILES string of the molecule is CN1C(=O)CN(C(=O)C2CCOCC2)c2ccccc21. The average molecular weight is 274 g/mol. The number of anilines is 2. The van der Waals surface area contributed by atoms with E-state index in [0.29, 0.717) is 13.2 Å². The first-order valence-corrected chi connectivity index (χ1v) is 6.93. The lowest BCUT2D eigenvalue weighted by atomic mass is 9.97. The Hall–Kier alpha value is -1.88. The molecule has 0 atom stereocenters. The van der Waals surface area contributed by atoms with Crippen LogP contribution < -0.4 is 9.80 Å². The van der Waals surface area contributed by atoms with E-state index in [0.717, 1.165) is 24.2 Å². The number of ether oxygens (including phenoxy) is 1. The Balaban J connectivity index is 1.91. The highest BCUT2D eigenvalue weighted by Gasteiger charge is 2.34. The van der Waals surface area contributed by atoms with Gasteiger partial charge in [0.2, 0.25) is 11.8 Å². The second kappa shape index (κ2) is 5.25. The van der Waals surface area contributed by atoms with E-state index in [1.807, 2.05) is 24.3 Å². The predicted molar refractivity (Wildman–Crippen MR) is 75.7 cm³/mol. The summed E-state index contributed by atoms with van der Waals surface area (Å²) in [5, 5.41) is 0. The second-order valence-corrected chi connectivity index (χ2v) is 5.25. The van der Waals surface area contributed by atoms with Crippen LogP contribution in [0.3, 0.4) is 0 Å². The molecule has 1 aromatic rings. The molecule has 2 aliphatic heterocycles. The van der Waals surface area contributed by atoms with Crippen molar-refractivity contribution in [2.24, 2.45) is 5.92 Å². The number of nitrogens with zero attached hydrogens (tertiary/aromatic N) is 2. The van der Waals surface area contributed by atoms with E-state index in [-0.39, 0.29) is 24.3 Å². The number of benzene rings is 1. The van der Waals surface area contributed by atoms with Crippen molar-refractivity contribution in [3.05, 3.63) is 24.3 Å². The van der Waals surface area contributed by atoms with Crippen molar-refractivity contribution in [2.75, 3.05) is 36.6 Å². The van der Waals surface area contributed by atoms with Crippen LogP contribution >= 0.6 is 0 Å². The number of rotatable bonds is 1. The van der Waals surface area contributed by atoms with Crippen molar-refractivity contribution in [3.63, 3.8) is 0 Å². The average Bonchev–Trinajstić information content (AvgIpc) is 2.51. The Morgan fingerprint density at radius 3 is 2.55 bits per heavy atom. The molecule has 0 saturated carbocycles. The number of hydrogen-bond donors (Lipinski definition) is 0. The van der Waals surface area contributed by atoms with Gasteiger partial charge in [0.15, 0.2) is 0 Å². The van der Waals surface area contributed by atoms with Gasteiger partial charge in [-0.2, -0.15) is 0 Å². The third kappa shape index (κ3) is 2.18. The molecular weight excluding hydrogens is 256 g/mol. The third-order valence-electron chi connectivity index (χ3n) is 4.04. The van der Waals surface area contributed by atoms with Crippen molar-refractivity contribution in [1.29, 1.82) is 0 Å². The van der Waals surface area contributed by atoms with Gasteiger partial charge in [0.1, 0.15) is 6.54 Å². The van der Waals surface area contributed by atoms with Crippen LogP contribution in [-0.4, -0.2) is 38.6 Å². The highest BCUT2D eigenvalue weighted by molar-refractivity contribution is 6.11. The van der Waals surface area contributed by atoms with Gasteiger partial charge in [-0.3, -0.25) is 9.59 Å². The van der Waals surface area contributed by atoms with Crippen molar-refractivity contribution >= 4 is 23.2 Å². The third-order valence-corrected chi connectivity index (χ3v) is 4.04. The summed E-state index contributed by atoms with van der Waals surface area (Å²) >= 11 is 0. The molecule has 0 radical (unpaired) electrons. The van der Waals surface area contributed by atoms with Crippen LogP contribution in [0.5, 0.6) is 0 Å². The van der Waals surface area contributed by atoms with E-state index in [1.165, 1.54) is 0 Å². The molecule has 2 amide bonds. The molecular formula is C15H18N2O3. The molecule has 0 N–H and O–H groups in total. The predicted octanol–water partition coefficient (Wildman–Crippen LogP) is 1.42. The number of fused-ring (bicyclic) bond motifs is 1. The maximum absolute atomic E-state index is 12.7. The Labute approximate surface area is 118 Å². The van der Waals surface area contributed by atoms with Gasteiger partial charge >= 0.3 is 0 Å². The van der Waals surface area contributed by atoms with E-state index < -0.39 is 0 Å². The number of amides is 2. The summed E-state index contributed by atoms with van der Waals surface area (Å²) in [6, 6.07) is 7.55. The largest absolute Gasteiger partial charge is 0.381 e. The molecule has 1 aromatic carbocycles. The number of para-hydroxylation sites is 2. The Bertz CT molecular complexity index is 538. The lowest BCUT2D eigenvalue weighted by Crippen LogP contribution is -2.49. The quantitative estimate of drug-likeness (QED) is 0.778. The molecule has 5 nitrogen and oxygen atoms in total. The first kappa shape index (κ1) is 13.1. The number of carbonyl (C=O) groups excluding carboxylic acids is 2. The molecule has 1 fully saturated rings. The molecule has 0 bridgehead atoms. The number of carbonyl (C=O) groups is 2. The van der Waals surface area contributed by atoms with Gasteiger partial charge in [-0.1, -0.05) is 12.1 Å². The molecule has 20 heavy (non-hydrogen) atoms. The number of likely N-dealkylation sites (N-methyl/N-ethyl adjacent to an activating group) is 1. The van der Waals surface area contributed by atoms with Crippen LogP contribution in [-0.2, 0) is 14.3 Å². The van der Waals surface area contributed by atoms with Crippen molar-refractivity contribution in [3.8, 4) is 0 Å². The summed E-state index contributed by atoms with van der Waals surface area (Å²) in [7, 11) is 1.75. The van der Waals surface area contributed by atoms with Crippen LogP contribution in [0.4, 0.5) is 11.4 Å². The lowest BCUT2D eigenvalue weighted by molar-refractivity contribution is -0.127. The van der Waals surface area contributed by atoms with Gasteiger partial charge in [0.05, 0.1) is 11.4 Å². The Kier molecular flexibility index (Phi) is 3.44. The highest BCUT2D eigenvalue weighted by atomic mass is 16.5. The van der Waals surface area contributed by atoms with Crippen molar-refractivity contribution in [1.82, 2.24) is 0 Å². The standard InChI is InChI=1S/C15H18N2O3/c1-16-12-4-2-3-5-13(12)17(10-14(16)18)15(19)11-6-8-20-9-7-11/h2-5,11H,6-10H2,1H3. The van der Waals surface area contributed by atoms with Crippen LogP contribution in [0.25, 0.3) is 0 Å². The molecule has 0 aromatic heterocycles. The Morgan fingerprint density at radius 1 is 1.20 bits per heavy atom. The molecule has 3 rings (SSSR count). The highest BCUT2D eigenvalue weighted by Crippen LogP contribution is 2.34. The van der Waals surface area contributed by atoms with Crippen LogP contribution in [0.2, 0.25) is 0 Å². The van der Waals surface area contributed by atoms with Crippen LogP contribution in [0.15, 0.2) is 24.3 Å². The van der Waals surface area contributed by atoms with Crippen molar-refractivity contribution < 1.29 is 14.3 Å². The van der Waals surface area contributed by atoms with Gasteiger partial charge in [-0.15, -0.1) is 0 Å². The fourth-order valence-electron chi connectivity index (χ4n) is 2.80. The molecule has 1 saturated heterocycles. The zero-order valence-electron chi connectivity index (χ0n) is 11.5. The van der Waals surface area contributed by atoms with E-state index in [9.17, 15) is 9.59 Å². The summed E-state index contributed by atoms with van der Waals surface area (Å²) in [6.07, 6.45) is 1.48. The molecule has 2 aliphatic rings. The van der Waals surface area contributed by atoms with Crippen molar-refractivity contribution in [2.45, 2.75) is 12.8 Å². The fourth-order valence-corrected chi connectivity index (χ4v) is 2.80. The van der Waals surface area contributed by atoms with E-state index in [1.54, 1.807) is 16.8 Å². The van der Waals surface area contributed by atoms with Gasteiger partial charge in [0.25, 0.3) is 0 Å². The first-order valence-electron chi connectivity index (χ1n) is 6.93. The zero-order chi connectivity index (χ0) is 14.1.